The lowest BCUT2D eigenvalue weighted by Gasteiger charge is -2.09. The Balaban J connectivity index is 2.05. The first-order valence-corrected chi connectivity index (χ1v) is 4.26. The lowest BCUT2D eigenvalue weighted by molar-refractivity contribution is -0.124. The number of nitrogens with one attached hydrogen (secondary N) is 2. The zero-order valence-corrected chi connectivity index (χ0v) is 7.36. The van der Waals surface area contributed by atoms with Crippen LogP contribution in [0.15, 0.2) is 24.5 Å². The van der Waals surface area contributed by atoms with Gasteiger partial charge in [-0.15, -0.1) is 0 Å². The molecule has 1 aliphatic rings. The van der Waals surface area contributed by atoms with E-state index in [2.05, 4.69) is 15.6 Å². The summed E-state index contributed by atoms with van der Waals surface area (Å²) in [5, 5.41) is 5.18. The van der Waals surface area contributed by atoms with E-state index < -0.39 is 6.04 Å². The minimum Gasteiger partial charge on any atom is -0.373 e. The zero-order chi connectivity index (χ0) is 9.97. The highest BCUT2D eigenvalue weighted by Gasteiger charge is 2.30. The minimum atomic E-state index is -0.454. The fourth-order valence-electron chi connectivity index (χ4n) is 1.32. The Bertz CT molecular complexity index is 364. The lowest BCUT2D eigenvalue weighted by Crippen LogP contribution is -2.29. The number of rotatable bonds is 2. The molecule has 14 heavy (non-hydrogen) atoms. The highest BCUT2D eigenvalue weighted by Crippen LogP contribution is 2.10. The summed E-state index contributed by atoms with van der Waals surface area (Å²) >= 11 is 0. The second-order valence-electron chi connectivity index (χ2n) is 3.05. The van der Waals surface area contributed by atoms with Gasteiger partial charge in [-0.2, -0.15) is 0 Å². The fourth-order valence-corrected chi connectivity index (χ4v) is 1.32. The maximum absolute atomic E-state index is 11.2. The number of anilines is 1. The minimum absolute atomic E-state index is 0.196. The van der Waals surface area contributed by atoms with Crippen molar-refractivity contribution in [3.8, 4) is 0 Å². The maximum Gasteiger partial charge on any atom is 0.249 e. The average Bonchev–Trinajstić information content (AvgIpc) is 2.47. The normalized spacial score (nSPS) is 20.7. The van der Waals surface area contributed by atoms with Crippen LogP contribution in [0, 0.1) is 0 Å². The smallest absolute Gasteiger partial charge is 0.249 e. The van der Waals surface area contributed by atoms with Gasteiger partial charge in [-0.1, -0.05) is 0 Å². The first kappa shape index (κ1) is 8.68. The van der Waals surface area contributed by atoms with E-state index in [4.69, 9.17) is 0 Å². The molecule has 0 bridgehead atoms. The molecule has 72 valence electrons. The third-order valence-electron chi connectivity index (χ3n) is 1.99. The number of nitrogens with zero attached hydrogens (tertiary/aromatic N) is 1. The van der Waals surface area contributed by atoms with Gasteiger partial charge in [-0.05, 0) is 12.1 Å². The molecule has 2 amide bonds. The van der Waals surface area contributed by atoms with Gasteiger partial charge in [0.25, 0.3) is 0 Å². The molecule has 0 aromatic carbocycles. The fraction of sp³-hybridized carbons (Fsp3) is 0.222. The van der Waals surface area contributed by atoms with Gasteiger partial charge in [0.15, 0.2) is 0 Å². The van der Waals surface area contributed by atoms with Gasteiger partial charge in [0.1, 0.15) is 6.04 Å². The van der Waals surface area contributed by atoms with Crippen LogP contribution < -0.4 is 10.6 Å². The number of carbonyl (C=O) groups excluding carboxylic acids is 2. The van der Waals surface area contributed by atoms with Gasteiger partial charge < -0.3 is 5.32 Å². The van der Waals surface area contributed by atoms with E-state index in [1.165, 1.54) is 0 Å². The predicted octanol–water partition coefficient (Wildman–Crippen LogP) is -0.0914. The van der Waals surface area contributed by atoms with E-state index in [-0.39, 0.29) is 18.2 Å². The van der Waals surface area contributed by atoms with Crippen molar-refractivity contribution in [3.05, 3.63) is 24.5 Å². The SMILES string of the molecule is O=C1CC(Nc2ccncc2)C(=O)N1. The molecule has 1 fully saturated rings. The maximum atomic E-state index is 11.2. The van der Waals surface area contributed by atoms with Crippen molar-refractivity contribution in [3.63, 3.8) is 0 Å². The monoisotopic (exact) mass is 191 g/mol. The molecule has 2 heterocycles. The average molecular weight is 191 g/mol. The van der Waals surface area contributed by atoms with E-state index >= 15 is 0 Å². The molecule has 0 saturated carbocycles. The summed E-state index contributed by atoms with van der Waals surface area (Å²) in [7, 11) is 0. The van der Waals surface area contributed by atoms with Crippen molar-refractivity contribution in [2.75, 3.05) is 5.32 Å². The first-order valence-electron chi connectivity index (χ1n) is 4.26. The third-order valence-corrected chi connectivity index (χ3v) is 1.99. The second kappa shape index (κ2) is 3.45. The zero-order valence-electron chi connectivity index (χ0n) is 7.36. The van der Waals surface area contributed by atoms with Crippen molar-refractivity contribution < 1.29 is 9.59 Å². The summed E-state index contributed by atoms with van der Waals surface area (Å²) < 4.78 is 0. The van der Waals surface area contributed by atoms with Crippen LogP contribution in [-0.4, -0.2) is 22.8 Å². The quantitative estimate of drug-likeness (QED) is 0.641. The number of amides is 2. The summed E-state index contributed by atoms with van der Waals surface area (Å²) in [5.74, 6) is -0.506. The molecule has 1 saturated heterocycles. The Morgan fingerprint density at radius 2 is 2.07 bits per heavy atom. The summed E-state index contributed by atoms with van der Waals surface area (Å²) in [5.41, 5.74) is 0.787. The van der Waals surface area contributed by atoms with Gasteiger partial charge in [-0.3, -0.25) is 19.9 Å². The van der Waals surface area contributed by atoms with Crippen molar-refractivity contribution in [1.82, 2.24) is 10.3 Å². The molecule has 5 heteroatoms. The highest BCUT2D eigenvalue weighted by molar-refractivity contribution is 6.06. The van der Waals surface area contributed by atoms with Crippen molar-refractivity contribution >= 4 is 17.5 Å². The summed E-state index contributed by atoms with van der Waals surface area (Å²) in [6.07, 6.45) is 3.44. The van der Waals surface area contributed by atoms with Crippen molar-refractivity contribution in [1.29, 1.82) is 0 Å². The summed E-state index contributed by atoms with van der Waals surface area (Å²) in [6, 6.07) is 3.04. The Morgan fingerprint density at radius 3 is 2.64 bits per heavy atom. The van der Waals surface area contributed by atoms with E-state index in [0.717, 1.165) is 5.69 Å². The second-order valence-corrected chi connectivity index (χ2v) is 3.05. The van der Waals surface area contributed by atoms with E-state index in [1.54, 1.807) is 24.5 Å². The third kappa shape index (κ3) is 1.71. The van der Waals surface area contributed by atoms with E-state index in [0.29, 0.717) is 0 Å². The Kier molecular flexibility index (Phi) is 2.14. The van der Waals surface area contributed by atoms with Crippen LogP contribution in [0.1, 0.15) is 6.42 Å². The topological polar surface area (TPSA) is 71.1 Å². The molecule has 0 spiro atoms. The molecule has 0 radical (unpaired) electrons. The molecule has 1 aromatic heterocycles. The first-order chi connectivity index (χ1) is 6.75. The number of aromatic nitrogens is 1. The Labute approximate surface area is 80.5 Å². The van der Waals surface area contributed by atoms with E-state index in [9.17, 15) is 9.59 Å². The molecular weight excluding hydrogens is 182 g/mol. The van der Waals surface area contributed by atoms with Gasteiger partial charge in [0.05, 0.1) is 6.42 Å². The van der Waals surface area contributed by atoms with Crippen LogP contribution in [0.5, 0.6) is 0 Å². The predicted molar refractivity (Wildman–Crippen MR) is 49.4 cm³/mol. The van der Waals surface area contributed by atoms with Gasteiger partial charge in [-0.25, -0.2) is 0 Å². The number of carbonyl (C=O) groups is 2. The van der Waals surface area contributed by atoms with Crippen LogP contribution in [0.4, 0.5) is 5.69 Å². The van der Waals surface area contributed by atoms with E-state index in [1.807, 2.05) is 0 Å². The van der Waals surface area contributed by atoms with Crippen LogP contribution >= 0.6 is 0 Å². The Hall–Kier alpha value is -1.91. The Morgan fingerprint density at radius 1 is 1.36 bits per heavy atom. The number of hydrogen-bond acceptors (Lipinski definition) is 4. The van der Waals surface area contributed by atoms with Crippen LogP contribution in [0.3, 0.4) is 0 Å². The van der Waals surface area contributed by atoms with Crippen LogP contribution in [0.2, 0.25) is 0 Å². The van der Waals surface area contributed by atoms with Gasteiger partial charge in [0, 0.05) is 18.1 Å². The summed E-state index contributed by atoms with van der Waals surface area (Å²) in [4.78, 5) is 25.9. The van der Waals surface area contributed by atoms with Gasteiger partial charge >= 0.3 is 0 Å². The highest BCUT2D eigenvalue weighted by atomic mass is 16.2. The largest absolute Gasteiger partial charge is 0.373 e. The van der Waals surface area contributed by atoms with Crippen molar-refractivity contribution in [2.45, 2.75) is 12.5 Å². The van der Waals surface area contributed by atoms with Gasteiger partial charge in [0.2, 0.25) is 11.8 Å². The molecule has 1 aromatic rings. The molecule has 2 rings (SSSR count). The summed E-state index contributed by atoms with van der Waals surface area (Å²) in [6.45, 7) is 0. The molecular formula is C9H9N3O2. The van der Waals surface area contributed by atoms with Crippen LogP contribution in [0.25, 0.3) is 0 Å². The molecule has 1 atom stereocenters. The molecule has 2 N–H and O–H groups in total. The van der Waals surface area contributed by atoms with Crippen molar-refractivity contribution in [2.24, 2.45) is 0 Å². The number of pyridine rings is 1. The molecule has 0 aliphatic carbocycles. The molecule has 5 nitrogen and oxygen atoms in total. The standard InChI is InChI=1S/C9H9N3O2/c13-8-5-7(9(14)12-8)11-6-1-3-10-4-2-6/h1-4,7H,5H2,(H,10,11)(H,12,13,14). The lowest BCUT2D eigenvalue weighted by atomic mass is 10.2. The van der Waals surface area contributed by atoms with Crippen LogP contribution in [-0.2, 0) is 9.59 Å². The number of hydrogen-bond donors (Lipinski definition) is 2. The number of imide groups is 1. The molecule has 1 aliphatic heterocycles. The molecule has 1 unspecified atom stereocenters.